The van der Waals surface area contributed by atoms with Gasteiger partial charge in [-0.1, -0.05) is 24.3 Å². The third-order valence-corrected chi connectivity index (χ3v) is 4.03. The summed E-state index contributed by atoms with van der Waals surface area (Å²) in [6, 6.07) is 9.98. The van der Waals surface area contributed by atoms with Crippen LogP contribution in [0.5, 0.6) is 0 Å². The molecule has 1 atom stereocenters. The Morgan fingerprint density at radius 3 is 2.59 bits per heavy atom. The monoisotopic (exact) mass is 379 g/mol. The largest absolute Gasteiger partial charge is 0.458 e. The molecule has 0 radical (unpaired) electrons. The van der Waals surface area contributed by atoms with Crippen LogP contribution >= 0.6 is 0 Å². The SMILES string of the molecule is C[C@H](OC(=O)CCn1nc2ccccn2c1=O)c1ccccc1C(F)(F)F. The number of pyridine rings is 1. The van der Waals surface area contributed by atoms with E-state index < -0.39 is 29.5 Å². The Kier molecular flexibility index (Phi) is 5.02. The van der Waals surface area contributed by atoms with Gasteiger partial charge in [-0.05, 0) is 25.1 Å². The van der Waals surface area contributed by atoms with Gasteiger partial charge in [-0.25, -0.2) is 9.48 Å². The summed E-state index contributed by atoms with van der Waals surface area (Å²) in [6.07, 6.45) is -4.26. The first-order valence-electron chi connectivity index (χ1n) is 8.17. The number of ether oxygens (including phenoxy) is 1. The number of benzene rings is 1. The molecule has 0 N–H and O–H groups in total. The molecule has 0 aliphatic rings. The van der Waals surface area contributed by atoms with Gasteiger partial charge in [-0.15, -0.1) is 5.10 Å². The van der Waals surface area contributed by atoms with E-state index in [4.69, 9.17) is 4.74 Å². The molecule has 3 rings (SSSR count). The van der Waals surface area contributed by atoms with Gasteiger partial charge in [0, 0.05) is 11.8 Å². The lowest BCUT2D eigenvalue weighted by molar-refractivity contribution is -0.151. The lowest BCUT2D eigenvalue weighted by Gasteiger charge is -2.18. The molecule has 0 saturated carbocycles. The van der Waals surface area contributed by atoms with E-state index in [9.17, 15) is 22.8 Å². The maximum absolute atomic E-state index is 13.1. The predicted octanol–water partition coefficient (Wildman–Crippen LogP) is 3.21. The van der Waals surface area contributed by atoms with Crippen molar-refractivity contribution in [1.29, 1.82) is 0 Å². The lowest BCUT2D eigenvalue weighted by Crippen LogP contribution is -2.23. The van der Waals surface area contributed by atoms with Gasteiger partial charge in [0.1, 0.15) is 6.10 Å². The molecule has 3 aromatic rings. The van der Waals surface area contributed by atoms with E-state index in [1.165, 1.54) is 29.5 Å². The van der Waals surface area contributed by atoms with Crippen molar-refractivity contribution in [2.24, 2.45) is 0 Å². The number of carbonyl (C=O) groups is 1. The molecule has 142 valence electrons. The highest BCUT2D eigenvalue weighted by Gasteiger charge is 2.34. The molecule has 0 unspecified atom stereocenters. The molecule has 6 nitrogen and oxygen atoms in total. The number of aromatic nitrogens is 3. The Bertz CT molecular complexity index is 1020. The van der Waals surface area contributed by atoms with Crippen LogP contribution in [-0.4, -0.2) is 20.2 Å². The first-order valence-corrected chi connectivity index (χ1v) is 8.17. The average molecular weight is 379 g/mol. The van der Waals surface area contributed by atoms with Gasteiger partial charge in [0.25, 0.3) is 0 Å². The fourth-order valence-electron chi connectivity index (χ4n) is 2.74. The van der Waals surface area contributed by atoms with Crippen LogP contribution in [0.25, 0.3) is 5.65 Å². The minimum atomic E-state index is -4.54. The Morgan fingerprint density at radius 1 is 1.19 bits per heavy atom. The number of aryl methyl sites for hydroxylation is 1. The number of rotatable bonds is 5. The Labute approximate surface area is 151 Å². The third kappa shape index (κ3) is 4.02. The number of carbonyl (C=O) groups excluding carboxylic acids is 1. The molecule has 0 aliphatic carbocycles. The van der Waals surface area contributed by atoms with Crippen LogP contribution in [0.3, 0.4) is 0 Å². The number of fused-ring (bicyclic) bond motifs is 1. The minimum Gasteiger partial charge on any atom is -0.458 e. The summed E-state index contributed by atoms with van der Waals surface area (Å²) in [4.78, 5) is 24.2. The Balaban J connectivity index is 1.67. The Morgan fingerprint density at radius 2 is 1.89 bits per heavy atom. The first kappa shape index (κ1) is 18.7. The normalized spacial score (nSPS) is 12.9. The molecule has 27 heavy (non-hydrogen) atoms. The van der Waals surface area contributed by atoms with E-state index >= 15 is 0 Å². The zero-order valence-electron chi connectivity index (χ0n) is 14.3. The molecule has 0 aliphatic heterocycles. The number of hydrogen-bond donors (Lipinski definition) is 0. The topological polar surface area (TPSA) is 65.6 Å². The summed E-state index contributed by atoms with van der Waals surface area (Å²) in [5.74, 6) is -0.719. The van der Waals surface area contributed by atoms with Gasteiger partial charge in [0.05, 0.1) is 18.5 Å². The van der Waals surface area contributed by atoms with E-state index in [1.54, 1.807) is 24.4 Å². The fraction of sp³-hybridized carbons (Fsp3) is 0.278. The van der Waals surface area contributed by atoms with Gasteiger partial charge in [0.15, 0.2) is 5.65 Å². The molecule has 9 heteroatoms. The van der Waals surface area contributed by atoms with Crippen molar-refractivity contribution in [2.45, 2.75) is 32.2 Å². The highest BCUT2D eigenvalue weighted by molar-refractivity contribution is 5.69. The second-order valence-corrected chi connectivity index (χ2v) is 5.90. The molecule has 2 aromatic heterocycles. The smallest absolute Gasteiger partial charge is 0.416 e. The molecular weight excluding hydrogens is 363 g/mol. The van der Waals surface area contributed by atoms with E-state index in [-0.39, 0.29) is 18.5 Å². The average Bonchev–Trinajstić information content (AvgIpc) is 2.95. The maximum atomic E-state index is 13.1. The second-order valence-electron chi connectivity index (χ2n) is 5.90. The summed E-state index contributed by atoms with van der Waals surface area (Å²) in [7, 11) is 0. The van der Waals surface area contributed by atoms with Crippen molar-refractivity contribution >= 4 is 11.6 Å². The number of alkyl halides is 3. The summed E-state index contributed by atoms with van der Waals surface area (Å²) >= 11 is 0. The summed E-state index contributed by atoms with van der Waals surface area (Å²) in [5, 5.41) is 4.08. The van der Waals surface area contributed by atoms with Crippen LogP contribution in [0.4, 0.5) is 13.2 Å². The predicted molar refractivity (Wildman–Crippen MR) is 90.0 cm³/mol. The molecule has 2 heterocycles. The third-order valence-electron chi connectivity index (χ3n) is 4.03. The fourth-order valence-corrected chi connectivity index (χ4v) is 2.74. The van der Waals surface area contributed by atoms with Gasteiger partial charge < -0.3 is 4.74 Å². The van der Waals surface area contributed by atoms with E-state index in [0.717, 1.165) is 10.7 Å². The molecule has 0 spiro atoms. The zero-order chi connectivity index (χ0) is 19.6. The standard InChI is InChI=1S/C18H16F3N3O3/c1-12(13-6-2-3-7-14(13)18(19,20)21)27-16(25)9-11-24-17(26)23-10-5-4-8-15(23)22-24/h2-8,10,12H,9,11H2,1H3/t12-/m0/s1. The van der Waals surface area contributed by atoms with Crippen molar-refractivity contribution in [3.63, 3.8) is 0 Å². The second kappa shape index (κ2) is 7.26. The van der Waals surface area contributed by atoms with Crippen LogP contribution in [0.1, 0.15) is 30.6 Å². The van der Waals surface area contributed by atoms with Crippen molar-refractivity contribution in [1.82, 2.24) is 14.2 Å². The molecule has 0 fully saturated rings. The maximum Gasteiger partial charge on any atom is 0.416 e. The number of esters is 1. The molecule has 0 bridgehead atoms. The zero-order valence-corrected chi connectivity index (χ0v) is 14.3. The van der Waals surface area contributed by atoms with Crippen LogP contribution in [0.15, 0.2) is 53.5 Å². The van der Waals surface area contributed by atoms with E-state index in [0.29, 0.717) is 5.65 Å². The first-order chi connectivity index (χ1) is 12.8. The number of hydrogen-bond acceptors (Lipinski definition) is 4. The number of halogens is 3. The summed E-state index contributed by atoms with van der Waals surface area (Å²) in [5.41, 5.74) is -0.942. The molecule has 0 saturated heterocycles. The van der Waals surface area contributed by atoms with Gasteiger partial charge in [0.2, 0.25) is 0 Å². The molecule has 1 aromatic carbocycles. The van der Waals surface area contributed by atoms with Crippen molar-refractivity contribution in [3.05, 3.63) is 70.3 Å². The van der Waals surface area contributed by atoms with Crippen LogP contribution < -0.4 is 5.69 Å². The van der Waals surface area contributed by atoms with Crippen molar-refractivity contribution < 1.29 is 22.7 Å². The highest BCUT2D eigenvalue weighted by Crippen LogP contribution is 2.35. The van der Waals surface area contributed by atoms with Gasteiger partial charge in [-0.3, -0.25) is 9.20 Å². The van der Waals surface area contributed by atoms with Crippen molar-refractivity contribution in [2.75, 3.05) is 0 Å². The van der Waals surface area contributed by atoms with Crippen LogP contribution in [0.2, 0.25) is 0 Å². The molecule has 0 amide bonds. The lowest BCUT2D eigenvalue weighted by atomic mass is 10.0. The quantitative estimate of drug-likeness (QED) is 0.639. The van der Waals surface area contributed by atoms with Crippen molar-refractivity contribution in [3.8, 4) is 0 Å². The number of nitrogens with zero attached hydrogens (tertiary/aromatic N) is 3. The van der Waals surface area contributed by atoms with Gasteiger partial charge in [-0.2, -0.15) is 13.2 Å². The van der Waals surface area contributed by atoms with Crippen LogP contribution in [-0.2, 0) is 22.3 Å². The summed E-state index contributed by atoms with van der Waals surface area (Å²) in [6.45, 7) is 1.34. The summed E-state index contributed by atoms with van der Waals surface area (Å²) < 4.78 is 46.8. The highest BCUT2D eigenvalue weighted by atomic mass is 19.4. The van der Waals surface area contributed by atoms with Crippen LogP contribution in [0, 0.1) is 0 Å². The molecular formula is C18H16F3N3O3. The van der Waals surface area contributed by atoms with Gasteiger partial charge >= 0.3 is 17.8 Å². The Hall–Kier alpha value is -3.10. The minimum absolute atomic E-state index is 0.0347. The van der Waals surface area contributed by atoms with E-state index in [2.05, 4.69) is 5.10 Å². The van der Waals surface area contributed by atoms with E-state index in [1.807, 2.05) is 0 Å².